The van der Waals surface area contributed by atoms with Crippen molar-refractivity contribution in [1.82, 2.24) is 10.2 Å². The fourth-order valence-corrected chi connectivity index (χ4v) is 3.85. The van der Waals surface area contributed by atoms with E-state index in [-0.39, 0.29) is 25.0 Å². The van der Waals surface area contributed by atoms with Crippen molar-refractivity contribution in [2.75, 3.05) is 12.8 Å². The van der Waals surface area contributed by atoms with Crippen LogP contribution in [0.4, 0.5) is 4.79 Å². The van der Waals surface area contributed by atoms with Gasteiger partial charge in [-0.1, -0.05) is 6.42 Å². The molecule has 2 unspecified atom stereocenters. The number of amides is 2. The summed E-state index contributed by atoms with van der Waals surface area (Å²) in [5, 5.41) is 22.2. The van der Waals surface area contributed by atoms with E-state index in [1.807, 2.05) is 11.8 Å². The molecule has 7 heteroatoms. The number of nitrogens with zero attached hydrogens (tertiary/aromatic N) is 1. The number of hydrogen-bond acceptors (Lipinski definition) is 4. The molecule has 0 aromatic heterocycles. The lowest BCUT2D eigenvalue weighted by Crippen LogP contribution is -2.50. The topological polar surface area (TPSA) is 89.9 Å². The van der Waals surface area contributed by atoms with Crippen molar-refractivity contribution >= 4 is 23.8 Å². The summed E-state index contributed by atoms with van der Waals surface area (Å²) in [5.74, 6) is -1.05. The van der Waals surface area contributed by atoms with Crippen LogP contribution < -0.4 is 5.32 Å². The van der Waals surface area contributed by atoms with E-state index in [4.69, 9.17) is 5.11 Å². The predicted molar refractivity (Wildman–Crippen MR) is 76.8 cm³/mol. The number of aliphatic hydroxyl groups is 1. The molecule has 0 aromatic carbocycles. The number of rotatable bonds is 3. The Kier molecular flexibility index (Phi) is 5.15. The molecule has 2 rings (SSSR count). The van der Waals surface area contributed by atoms with Crippen LogP contribution >= 0.6 is 11.8 Å². The molecule has 4 atom stereocenters. The van der Waals surface area contributed by atoms with Crippen LogP contribution in [0.25, 0.3) is 0 Å². The van der Waals surface area contributed by atoms with Gasteiger partial charge in [-0.25, -0.2) is 9.59 Å². The number of aliphatic carboxylic acids is 1. The minimum Gasteiger partial charge on any atom is -0.480 e. The van der Waals surface area contributed by atoms with E-state index in [1.165, 1.54) is 11.3 Å². The molecular formula is C13H22N2O4S. The first-order valence-corrected chi connectivity index (χ1v) is 8.31. The number of carbonyl (C=O) groups is 2. The number of nitrogens with one attached hydrogen (secondary N) is 1. The van der Waals surface area contributed by atoms with Gasteiger partial charge in [0, 0.05) is 24.3 Å². The fraction of sp³-hybridized carbons (Fsp3) is 0.846. The predicted octanol–water partition coefficient (Wildman–Crippen LogP) is 0.890. The normalized spacial score (nSPS) is 34.0. The molecule has 20 heavy (non-hydrogen) atoms. The van der Waals surface area contributed by atoms with Gasteiger partial charge in [0.05, 0.1) is 6.10 Å². The summed E-state index contributed by atoms with van der Waals surface area (Å²) in [5.41, 5.74) is 0. The van der Waals surface area contributed by atoms with Crippen molar-refractivity contribution in [2.45, 2.75) is 55.5 Å². The van der Waals surface area contributed by atoms with E-state index in [9.17, 15) is 14.7 Å². The zero-order valence-electron chi connectivity index (χ0n) is 11.6. The summed E-state index contributed by atoms with van der Waals surface area (Å²) in [4.78, 5) is 24.6. The molecular weight excluding hydrogens is 280 g/mol. The van der Waals surface area contributed by atoms with Crippen LogP contribution in [0.3, 0.4) is 0 Å². The maximum Gasteiger partial charge on any atom is 0.326 e. The minimum atomic E-state index is -1.05. The molecule has 3 N–H and O–H groups in total. The Morgan fingerprint density at radius 1 is 1.30 bits per heavy atom. The van der Waals surface area contributed by atoms with Gasteiger partial charge in [-0.15, -0.1) is 0 Å². The molecule has 2 fully saturated rings. The molecule has 1 heterocycles. The quantitative estimate of drug-likeness (QED) is 0.720. The van der Waals surface area contributed by atoms with Gasteiger partial charge >= 0.3 is 12.0 Å². The Bertz CT molecular complexity index is 379. The van der Waals surface area contributed by atoms with E-state index >= 15 is 0 Å². The molecule has 1 aliphatic carbocycles. The van der Waals surface area contributed by atoms with Crippen molar-refractivity contribution in [3.8, 4) is 0 Å². The summed E-state index contributed by atoms with van der Waals surface area (Å²) < 4.78 is 0. The second-order valence-electron chi connectivity index (χ2n) is 5.57. The van der Waals surface area contributed by atoms with E-state index in [2.05, 4.69) is 11.6 Å². The second-order valence-corrected chi connectivity index (χ2v) is 6.70. The maximum atomic E-state index is 12.2. The number of hydrogen-bond donors (Lipinski definition) is 3. The van der Waals surface area contributed by atoms with Gasteiger partial charge in [-0.2, -0.15) is 11.8 Å². The van der Waals surface area contributed by atoms with Crippen LogP contribution in [0.15, 0.2) is 0 Å². The van der Waals surface area contributed by atoms with Crippen LogP contribution in [0, 0.1) is 0 Å². The second kappa shape index (κ2) is 6.67. The fourth-order valence-electron chi connectivity index (χ4n) is 3.02. The first kappa shape index (κ1) is 15.4. The van der Waals surface area contributed by atoms with Crippen LogP contribution in [0.5, 0.6) is 0 Å². The monoisotopic (exact) mass is 302 g/mol. The molecule has 0 aromatic rings. The first-order chi connectivity index (χ1) is 9.51. The third-order valence-corrected chi connectivity index (χ3v) is 5.21. The third kappa shape index (κ3) is 3.58. The summed E-state index contributed by atoms with van der Waals surface area (Å²) in [6, 6.07) is -1.16. The highest BCUT2D eigenvalue weighted by atomic mass is 32.2. The number of β-amino-alcohol motifs (C(OH)–C–C–N with tert-alkyl or cyclic N) is 1. The first-order valence-electron chi connectivity index (χ1n) is 7.02. The average Bonchev–Trinajstić information content (AvgIpc) is 2.81. The van der Waals surface area contributed by atoms with Crippen LogP contribution in [0.2, 0.25) is 0 Å². The van der Waals surface area contributed by atoms with E-state index < -0.39 is 18.1 Å². The van der Waals surface area contributed by atoms with Gasteiger partial charge < -0.3 is 20.4 Å². The van der Waals surface area contributed by atoms with Crippen LogP contribution in [0.1, 0.15) is 32.1 Å². The van der Waals surface area contributed by atoms with Crippen molar-refractivity contribution in [1.29, 1.82) is 0 Å². The van der Waals surface area contributed by atoms with Gasteiger partial charge in [0.15, 0.2) is 0 Å². The zero-order valence-corrected chi connectivity index (χ0v) is 12.4. The third-order valence-electron chi connectivity index (χ3n) is 4.11. The molecule has 2 aliphatic rings. The summed E-state index contributed by atoms with van der Waals surface area (Å²) in [6.07, 6.45) is 5.58. The number of aliphatic hydroxyl groups excluding tert-OH is 1. The number of urea groups is 1. The molecule has 1 saturated heterocycles. The van der Waals surface area contributed by atoms with E-state index in [0.29, 0.717) is 5.25 Å². The highest BCUT2D eigenvalue weighted by Gasteiger charge is 2.39. The Morgan fingerprint density at radius 2 is 2.05 bits per heavy atom. The number of carboxylic acid groups (broad SMARTS) is 1. The highest BCUT2D eigenvalue weighted by molar-refractivity contribution is 7.99. The number of likely N-dealkylation sites (tertiary alicyclic amines) is 1. The standard InChI is InChI=1S/C13H22N2O4S/c1-20-10-4-2-3-8(5-10)14-13(19)15-7-9(16)6-11(15)12(17)18/h8-11,16H,2-7H2,1H3,(H,14,19)(H,17,18)/t8?,9-,10?,11-/m0/s1. The molecule has 6 nitrogen and oxygen atoms in total. The Labute approximate surface area is 122 Å². The lowest BCUT2D eigenvalue weighted by Gasteiger charge is -2.31. The molecule has 0 radical (unpaired) electrons. The SMILES string of the molecule is CSC1CCCC(NC(=O)N2C[C@@H](O)C[C@H]2C(=O)O)C1. The smallest absolute Gasteiger partial charge is 0.326 e. The lowest BCUT2D eigenvalue weighted by molar-refractivity contribution is -0.141. The summed E-state index contributed by atoms with van der Waals surface area (Å²) in [7, 11) is 0. The Hall–Kier alpha value is -0.950. The van der Waals surface area contributed by atoms with E-state index in [0.717, 1.165) is 19.3 Å². The minimum absolute atomic E-state index is 0.0987. The van der Waals surface area contributed by atoms with Gasteiger partial charge in [-0.05, 0) is 25.5 Å². The Balaban J connectivity index is 1.92. The molecule has 0 spiro atoms. The molecule has 114 valence electrons. The van der Waals surface area contributed by atoms with Gasteiger partial charge in [0.1, 0.15) is 6.04 Å². The molecule has 1 aliphatic heterocycles. The van der Waals surface area contributed by atoms with Crippen molar-refractivity contribution in [2.24, 2.45) is 0 Å². The molecule has 2 amide bonds. The van der Waals surface area contributed by atoms with Gasteiger partial charge in [0.2, 0.25) is 0 Å². The summed E-state index contributed by atoms with van der Waals surface area (Å²) >= 11 is 1.82. The lowest BCUT2D eigenvalue weighted by atomic mass is 9.95. The average molecular weight is 302 g/mol. The number of carbonyl (C=O) groups excluding carboxylic acids is 1. The largest absolute Gasteiger partial charge is 0.480 e. The highest BCUT2D eigenvalue weighted by Crippen LogP contribution is 2.27. The van der Waals surface area contributed by atoms with Gasteiger partial charge in [-0.3, -0.25) is 0 Å². The Morgan fingerprint density at radius 3 is 2.70 bits per heavy atom. The number of carboxylic acids is 1. The summed E-state index contributed by atoms with van der Waals surface area (Å²) in [6.45, 7) is 0.0987. The van der Waals surface area contributed by atoms with Gasteiger partial charge in [0.25, 0.3) is 0 Å². The maximum absolute atomic E-state index is 12.2. The van der Waals surface area contributed by atoms with Crippen molar-refractivity contribution in [3.05, 3.63) is 0 Å². The van der Waals surface area contributed by atoms with E-state index in [1.54, 1.807) is 0 Å². The van der Waals surface area contributed by atoms with Crippen molar-refractivity contribution < 1.29 is 19.8 Å². The van der Waals surface area contributed by atoms with Crippen LogP contribution in [-0.4, -0.2) is 63.4 Å². The number of thioether (sulfide) groups is 1. The zero-order chi connectivity index (χ0) is 14.7. The molecule has 1 saturated carbocycles. The molecule has 0 bridgehead atoms. The van der Waals surface area contributed by atoms with Crippen molar-refractivity contribution in [3.63, 3.8) is 0 Å². The van der Waals surface area contributed by atoms with Crippen LogP contribution in [-0.2, 0) is 4.79 Å².